The molecule has 0 saturated heterocycles. The molecule has 6 nitrogen and oxygen atoms in total. The normalized spacial score (nSPS) is 11.3. The van der Waals surface area contributed by atoms with E-state index in [1.54, 1.807) is 25.3 Å². The van der Waals surface area contributed by atoms with E-state index in [9.17, 15) is 4.79 Å². The van der Waals surface area contributed by atoms with Gasteiger partial charge in [-0.1, -0.05) is 36.7 Å². The molecule has 2 rings (SSSR count). The summed E-state index contributed by atoms with van der Waals surface area (Å²) < 4.78 is 5.96. The van der Waals surface area contributed by atoms with E-state index in [0.29, 0.717) is 17.3 Å². The number of benzene rings is 1. The zero-order chi connectivity index (χ0) is 15.6. The van der Waals surface area contributed by atoms with E-state index in [1.807, 2.05) is 20.8 Å². The fourth-order valence-electron chi connectivity index (χ4n) is 1.64. The Morgan fingerprint density at radius 3 is 2.62 bits per heavy atom. The van der Waals surface area contributed by atoms with Gasteiger partial charge >= 0.3 is 0 Å². The number of rotatable bonds is 3. The van der Waals surface area contributed by atoms with Crippen molar-refractivity contribution in [3.63, 3.8) is 0 Å². The first-order valence-electron chi connectivity index (χ1n) is 6.38. The third-order valence-corrected chi connectivity index (χ3v) is 3.22. The molecule has 0 aliphatic heterocycles. The van der Waals surface area contributed by atoms with Crippen LogP contribution >= 0.6 is 15.9 Å². The number of carbonyl (C=O) groups excluding carboxylic acids is 1. The molecule has 0 unspecified atom stereocenters. The standard InChI is InChI=1S/C14H17BrN4O2/c1-14(2,3)13-17-11(18-19-13)12(20)16-9-5-8(15)6-10(7-9)21-4/h5-7H,1-4H3,(H,16,20)(H,17,18,19). The summed E-state index contributed by atoms with van der Waals surface area (Å²) in [6, 6.07) is 5.30. The number of carbonyl (C=O) groups is 1. The van der Waals surface area contributed by atoms with E-state index in [0.717, 1.165) is 4.47 Å². The van der Waals surface area contributed by atoms with E-state index >= 15 is 0 Å². The van der Waals surface area contributed by atoms with Crippen molar-refractivity contribution in [3.05, 3.63) is 34.3 Å². The molecule has 0 atom stereocenters. The fraction of sp³-hybridized carbons (Fsp3) is 0.357. The lowest BCUT2D eigenvalue weighted by Crippen LogP contribution is -2.16. The highest BCUT2D eigenvalue weighted by molar-refractivity contribution is 9.10. The SMILES string of the molecule is COc1cc(Br)cc(NC(=O)c2n[nH]c(C(C)(C)C)n2)c1. The van der Waals surface area contributed by atoms with Gasteiger partial charge in [-0.25, -0.2) is 4.98 Å². The molecule has 0 fully saturated rings. The van der Waals surface area contributed by atoms with Crippen molar-refractivity contribution in [2.45, 2.75) is 26.2 Å². The summed E-state index contributed by atoms with van der Waals surface area (Å²) in [5.41, 5.74) is 0.415. The number of halogens is 1. The average molecular weight is 353 g/mol. The van der Waals surface area contributed by atoms with Crippen LogP contribution < -0.4 is 10.1 Å². The number of aromatic amines is 1. The fourth-order valence-corrected chi connectivity index (χ4v) is 2.11. The number of hydrogen-bond acceptors (Lipinski definition) is 4. The number of nitrogens with one attached hydrogen (secondary N) is 2. The summed E-state index contributed by atoms with van der Waals surface area (Å²) in [6.07, 6.45) is 0. The molecule has 7 heteroatoms. The minimum Gasteiger partial charge on any atom is -0.497 e. The van der Waals surface area contributed by atoms with E-state index in [2.05, 4.69) is 36.4 Å². The molecule has 0 aliphatic carbocycles. The summed E-state index contributed by atoms with van der Waals surface area (Å²) in [7, 11) is 1.57. The highest BCUT2D eigenvalue weighted by atomic mass is 79.9. The number of aromatic nitrogens is 3. The van der Waals surface area contributed by atoms with E-state index in [4.69, 9.17) is 4.74 Å². The molecule has 0 radical (unpaired) electrons. The molecule has 2 aromatic rings. The maximum Gasteiger partial charge on any atom is 0.295 e. The van der Waals surface area contributed by atoms with Crippen LogP contribution in [0.3, 0.4) is 0 Å². The first-order valence-corrected chi connectivity index (χ1v) is 7.17. The maximum atomic E-state index is 12.2. The Bertz CT molecular complexity index is 661. The molecular weight excluding hydrogens is 336 g/mol. The van der Waals surface area contributed by atoms with Crippen molar-refractivity contribution < 1.29 is 9.53 Å². The lowest BCUT2D eigenvalue weighted by atomic mass is 9.96. The minimum absolute atomic E-state index is 0.110. The number of H-pyrrole nitrogens is 1. The first kappa shape index (κ1) is 15.5. The van der Waals surface area contributed by atoms with Crippen LogP contribution in [0.2, 0.25) is 0 Å². The Morgan fingerprint density at radius 1 is 1.33 bits per heavy atom. The summed E-state index contributed by atoms with van der Waals surface area (Å²) in [5.74, 6) is 1.05. The largest absolute Gasteiger partial charge is 0.497 e. The highest BCUT2D eigenvalue weighted by Gasteiger charge is 2.21. The third kappa shape index (κ3) is 3.81. The summed E-state index contributed by atoms with van der Waals surface area (Å²) >= 11 is 3.36. The first-order chi connectivity index (χ1) is 9.79. The molecule has 1 heterocycles. The second kappa shape index (κ2) is 5.85. The minimum atomic E-state index is -0.373. The second-order valence-corrected chi connectivity index (χ2v) is 6.51. The third-order valence-electron chi connectivity index (χ3n) is 2.76. The molecule has 0 aliphatic rings. The van der Waals surface area contributed by atoms with Crippen LogP contribution in [0.25, 0.3) is 0 Å². The quantitative estimate of drug-likeness (QED) is 0.889. The number of hydrogen-bond donors (Lipinski definition) is 2. The monoisotopic (exact) mass is 352 g/mol. The van der Waals surface area contributed by atoms with Crippen LogP contribution in [0.1, 0.15) is 37.2 Å². The Morgan fingerprint density at radius 2 is 2.05 bits per heavy atom. The van der Waals surface area contributed by atoms with Gasteiger partial charge in [0.25, 0.3) is 5.91 Å². The number of anilines is 1. The van der Waals surface area contributed by atoms with Gasteiger partial charge < -0.3 is 10.1 Å². The molecule has 112 valence electrons. The van der Waals surface area contributed by atoms with E-state index in [1.165, 1.54) is 0 Å². The molecule has 0 spiro atoms. The molecule has 21 heavy (non-hydrogen) atoms. The molecule has 2 N–H and O–H groups in total. The van der Waals surface area contributed by atoms with Crippen LogP contribution in [0.4, 0.5) is 5.69 Å². The van der Waals surface area contributed by atoms with Crippen LogP contribution in [-0.4, -0.2) is 28.2 Å². The van der Waals surface area contributed by atoms with Crippen LogP contribution in [0, 0.1) is 0 Å². The zero-order valence-corrected chi connectivity index (χ0v) is 13.9. The number of methoxy groups -OCH3 is 1. The van der Waals surface area contributed by atoms with Gasteiger partial charge in [-0.2, -0.15) is 0 Å². The van der Waals surface area contributed by atoms with Crippen molar-refractivity contribution in [3.8, 4) is 5.75 Å². The van der Waals surface area contributed by atoms with E-state index in [-0.39, 0.29) is 17.1 Å². The predicted octanol–water partition coefficient (Wildman–Crippen LogP) is 3.13. The molecule has 0 bridgehead atoms. The van der Waals surface area contributed by atoms with Crippen molar-refractivity contribution in [1.82, 2.24) is 15.2 Å². The molecule has 0 saturated carbocycles. The van der Waals surface area contributed by atoms with Crippen molar-refractivity contribution in [2.24, 2.45) is 0 Å². The van der Waals surface area contributed by atoms with Gasteiger partial charge in [-0.3, -0.25) is 9.89 Å². The van der Waals surface area contributed by atoms with Gasteiger partial charge in [0.15, 0.2) is 0 Å². The number of ether oxygens (including phenoxy) is 1. The second-order valence-electron chi connectivity index (χ2n) is 5.59. The summed E-state index contributed by atoms with van der Waals surface area (Å²) in [4.78, 5) is 16.4. The van der Waals surface area contributed by atoms with Crippen molar-refractivity contribution >= 4 is 27.5 Å². The van der Waals surface area contributed by atoms with Gasteiger partial charge in [0.05, 0.1) is 7.11 Å². The summed E-state index contributed by atoms with van der Waals surface area (Å²) in [6.45, 7) is 5.98. The zero-order valence-electron chi connectivity index (χ0n) is 12.3. The van der Waals surface area contributed by atoms with Gasteiger partial charge in [-0.05, 0) is 12.1 Å². The topological polar surface area (TPSA) is 79.9 Å². The lowest BCUT2D eigenvalue weighted by Gasteiger charge is -2.12. The Hall–Kier alpha value is -1.89. The predicted molar refractivity (Wildman–Crippen MR) is 83.7 cm³/mol. The molecule has 1 aromatic heterocycles. The number of nitrogens with zero attached hydrogens (tertiary/aromatic N) is 2. The van der Waals surface area contributed by atoms with Crippen molar-refractivity contribution in [1.29, 1.82) is 0 Å². The average Bonchev–Trinajstić information content (AvgIpc) is 2.87. The molecular formula is C14H17BrN4O2. The molecule has 1 amide bonds. The Balaban J connectivity index is 2.18. The van der Waals surface area contributed by atoms with Gasteiger partial charge in [0.1, 0.15) is 11.6 Å². The van der Waals surface area contributed by atoms with Crippen LogP contribution in [0.15, 0.2) is 22.7 Å². The van der Waals surface area contributed by atoms with Gasteiger partial charge in [-0.15, -0.1) is 5.10 Å². The van der Waals surface area contributed by atoms with Crippen LogP contribution in [0.5, 0.6) is 5.75 Å². The Kier molecular flexibility index (Phi) is 4.32. The smallest absolute Gasteiger partial charge is 0.295 e. The van der Waals surface area contributed by atoms with Gasteiger partial charge in [0, 0.05) is 21.6 Å². The van der Waals surface area contributed by atoms with Crippen LogP contribution in [-0.2, 0) is 5.41 Å². The summed E-state index contributed by atoms with van der Waals surface area (Å²) in [5, 5.41) is 9.49. The van der Waals surface area contributed by atoms with E-state index < -0.39 is 0 Å². The Labute approximate surface area is 131 Å². The lowest BCUT2D eigenvalue weighted by molar-refractivity contribution is 0.101. The highest BCUT2D eigenvalue weighted by Crippen LogP contribution is 2.25. The number of amides is 1. The van der Waals surface area contributed by atoms with Crippen molar-refractivity contribution in [2.75, 3.05) is 12.4 Å². The molecule has 1 aromatic carbocycles. The maximum absolute atomic E-state index is 12.2. The van der Waals surface area contributed by atoms with Gasteiger partial charge in [0.2, 0.25) is 5.82 Å².